The molecule has 0 spiro atoms. The average molecular weight is 330 g/mol. The smallest absolute Gasteiger partial charge is 0.410 e. The normalized spacial score (nSPS) is 25.9. The van der Waals surface area contributed by atoms with E-state index < -0.39 is 30.0 Å². The Bertz CT molecular complexity index is 529. The van der Waals surface area contributed by atoms with Crippen LogP contribution in [-0.2, 0) is 4.74 Å². The number of alkyl halides is 1. The van der Waals surface area contributed by atoms with E-state index >= 15 is 0 Å². The molecule has 1 aliphatic heterocycles. The summed E-state index contributed by atoms with van der Waals surface area (Å²) in [5.41, 5.74) is 0.115. The van der Waals surface area contributed by atoms with Crippen molar-refractivity contribution in [1.82, 2.24) is 4.90 Å². The number of hydrogen-bond donors (Lipinski definition) is 1. The summed E-state index contributed by atoms with van der Waals surface area (Å²) in [4.78, 5) is 13.7. The van der Waals surface area contributed by atoms with Gasteiger partial charge in [-0.1, -0.05) is 23.7 Å². The summed E-state index contributed by atoms with van der Waals surface area (Å²) < 4.78 is 19.3. The monoisotopic (exact) mass is 329 g/mol. The van der Waals surface area contributed by atoms with Crippen LogP contribution in [0.4, 0.5) is 9.18 Å². The molecule has 1 amide bonds. The highest BCUT2D eigenvalue weighted by Gasteiger charge is 2.39. The molecule has 1 fully saturated rings. The van der Waals surface area contributed by atoms with Gasteiger partial charge in [0.1, 0.15) is 17.9 Å². The van der Waals surface area contributed by atoms with Crippen molar-refractivity contribution in [1.29, 1.82) is 0 Å². The van der Waals surface area contributed by atoms with E-state index in [0.29, 0.717) is 5.02 Å². The van der Waals surface area contributed by atoms with Gasteiger partial charge in [-0.15, -0.1) is 0 Å². The number of amides is 1. The van der Waals surface area contributed by atoms with Gasteiger partial charge in [0.2, 0.25) is 0 Å². The van der Waals surface area contributed by atoms with Crippen molar-refractivity contribution >= 4 is 17.7 Å². The van der Waals surface area contributed by atoms with Crippen LogP contribution in [0.5, 0.6) is 0 Å². The third kappa shape index (κ3) is 4.11. The molecule has 2 rings (SSSR count). The van der Waals surface area contributed by atoms with Crippen LogP contribution in [0.25, 0.3) is 0 Å². The first-order chi connectivity index (χ1) is 10.2. The number of ether oxygens (including phenoxy) is 1. The topological polar surface area (TPSA) is 49.8 Å². The number of carbonyl (C=O) groups excluding carboxylic acids is 1. The number of nitrogens with zero attached hydrogens (tertiary/aromatic N) is 1. The predicted molar refractivity (Wildman–Crippen MR) is 82.7 cm³/mol. The minimum absolute atomic E-state index is 0.0298. The highest BCUT2D eigenvalue weighted by atomic mass is 35.5. The standard InChI is InChI=1S/C16H21ClFNO3/c1-16(2,3)22-15(21)19-9-14(20)12(18)8-13(19)10-4-6-11(17)7-5-10/h4-7,12-14,20H,8-9H2,1-3H3/t12-,13-,14-/m1/s1. The molecule has 0 bridgehead atoms. The lowest BCUT2D eigenvalue weighted by Crippen LogP contribution is -2.50. The van der Waals surface area contributed by atoms with Crippen molar-refractivity contribution in [3.05, 3.63) is 34.9 Å². The fourth-order valence-electron chi connectivity index (χ4n) is 2.46. The van der Waals surface area contributed by atoms with Crippen molar-refractivity contribution in [3.8, 4) is 0 Å². The van der Waals surface area contributed by atoms with Crippen molar-refractivity contribution < 1.29 is 19.0 Å². The number of aliphatic hydroxyl groups excluding tert-OH is 1. The van der Waals surface area contributed by atoms with Crippen LogP contribution in [-0.4, -0.2) is 40.5 Å². The summed E-state index contributed by atoms with van der Waals surface area (Å²) in [6, 6.07) is 6.43. The molecule has 0 aliphatic carbocycles. The Balaban J connectivity index is 2.26. The second kappa shape index (κ2) is 6.42. The van der Waals surface area contributed by atoms with Crippen molar-refractivity contribution in [2.75, 3.05) is 6.54 Å². The van der Waals surface area contributed by atoms with Crippen LogP contribution in [0.15, 0.2) is 24.3 Å². The largest absolute Gasteiger partial charge is 0.444 e. The molecule has 4 nitrogen and oxygen atoms in total. The number of hydrogen-bond acceptors (Lipinski definition) is 3. The molecule has 0 radical (unpaired) electrons. The second-order valence-corrected chi connectivity index (χ2v) is 6.96. The SMILES string of the molecule is CC(C)(C)OC(=O)N1C[C@@H](O)[C@H](F)C[C@@H]1c1ccc(Cl)cc1. The zero-order valence-corrected chi connectivity index (χ0v) is 13.7. The summed E-state index contributed by atoms with van der Waals surface area (Å²) in [5.74, 6) is 0. The Morgan fingerprint density at radius 2 is 1.95 bits per heavy atom. The summed E-state index contributed by atoms with van der Waals surface area (Å²) in [5, 5.41) is 10.3. The van der Waals surface area contributed by atoms with Gasteiger partial charge in [-0.05, 0) is 38.5 Å². The lowest BCUT2D eigenvalue weighted by atomic mass is 9.93. The summed E-state index contributed by atoms with van der Waals surface area (Å²) in [7, 11) is 0. The van der Waals surface area contributed by atoms with Crippen molar-refractivity contribution in [2.24, 2.45) is 0 Å². The van der Waals surface area contributed by atoms with E-state index in [-0.39, 0.29) is 13.0 Å². The minimum Gasteiger partial charge on any atom is -0.444 e. The number of piperidine rings is 1. The first-order valence-electron chi connectivity index (χ1n) is 7.24. The minimum atomic E-state index is -1.38. The van der Waals surface area contributed by atoms with Gasteiger partial charge in [-0.25, -0.2) is 9.18 Å². The van der Waals surface area contributed by atoms with Crippen LogP contribution in [0.3, 0.4) is 0 Å². The highest BCUT2D eigenvalue weighted by Crippen LogP contribution is 2.34. The lowest BCUT2D eigenvalue weighted by molar-refractivity contribution is -0.0417. The van der Waals surface area contributed by atoms with Gasteiger partial charge in [0, 0.05) is 11.4 Å². The molecule has 1 heterocycles. The van der Waals surface area contributed by atoms with E-state index in [1.54, 1.807) is 45.0 Å². The first kappa shape index (κ1) is 17.0. The summed E-state index contributed by atoms with van der Waals surface area (Å²) in [6.07, 6.45) is -3.10. The lowest BCUT2D eigenvalue weighted by Gasteiger charge is -2.40. The second-order valence-electron chi connectivity index (χ2n) is 6.52. The predicted octanol–water partition coefficient (Wildman–Crippen LogP) is 3.72. The third-order valence-electron chi connectivity index (χ3n) is 3.51. The van der Waals surface area contributed by atoms with Crippen LogP contribution < -0.4 is 0 Å². The number of β-amino-alcohol motifs (C(OH)–C–C–N with tert-alkyl or cyclic N) is 1. The van der Waals surface area contributed by atoms with E-state index in [1.165, 1.54) is 4.90 Å². The van der Waals surface area contributed by atoms with Gasteiger partial charge >= 0.3 is 6.09 Å². The molecule has 1 aromatic rings. The quantitative estimate of drug-likeness (QED) is 0.854. The van der Waals surface area contributed by atoms with E-state index in [1.807, 2.05) is 0 Å². The molecular formula is C16H21ClFNO3. The van der Waals surface area contributed by atoms with Gasteiger partial charge in [0.15, 0.2) is 0 Å². The van der Waals surface area contributed by atoms with Crippen LogP contribution >= 0.6 is 11.6 Å². The van der Waals surface area contributed by atoms with E-state index in [2.05, 4.69) is 0 Å². The fraction of sp³-hybridized carbons (Fsp3) is 0.562. The maximum absolute atomic E-state index is 13.9. The number of carbonyl (C=O) groups is 1. The van der Waals surface area contributed by atoms with Crippen LogP contribution in [0.1, 0.15) is 38.8 Å². The Labute approximate surface area is 134 Å². The number of benzene rings is 1. The van der Waals surface area contributed by atoms with Gasteiger partial charge in [-0.3, -0.25) is 4.90 Å². The zero-order chi connectivity index (χ0) is 16.5. The summed E-state index contributed by atoms with van der Waals surface area (Å²) in [6.45, 7) is 5.20. The Kier molecular flexibility index (Phi) is 4.97. The van der Waals surface area contributed by atoms with E-state index in [9.17, 15) is 14.3 Å². The molecule has 1 N–H and O–H groups in total. The van der Waals surface area contributed by atoms with Crippen LogP contribution in [0, 0.1) is 0 Å². The molecule has 0 unspecified atom stereocenters. The molecule has 1 aromatic carbocycles. The van der Waals surface area contributed by atoms with Gasteiger partial charge in [0.05, 0.1) is 12.6 Å². The number of rotatable bonds is 1. The van der Waals surface area contributed by atoms with Gasteiger partial charge < -0.3 is 9.84 Å². The number of aliphatic hydroxyl groups is 1. The average Bonchev–Trinajstić information content (AvgIpc) is 2.40. The Morgan fingerprint density at radius 1 is 1.36 bits per heavy atom. The van der Waals surface area contributed by atoms with E-state index in [4.69, 9.17) is 16.3 Å². The molecule has 1 saturated heterocycles. The van der Waals surface area contributed by atoms with Gasteiger partial charge in [-0.2, -0.15) is 0 Å². The fourth-order valence-corrected chi connectivity index (χ4v) is 2.59. The van der Waals surface area contributed by atoms with Crippen molar-refractivity contribution in [2.45, 2.75) is 51.1 Å². The molecule has 22 heavy (non-hydrogen) atoms. The number of likely N-dealkylation sites (tertiary alicyclic amines) is 1. The molecule has 1 aliphatic rings. The molecule has 0 saturated carbocycles. The molecular weight excluding hydrogens is 309 g/mol. The maximum atomic E-state index is 13.9. The maximum Gasteiger partial charge on any atom is 0.410 e. The summed E-state index contributed by atoms with van der Waals surface area (Å²) >= 11 is 5.87. The molecule has 122 valence electrons. The third-order valence-corrected chi connectivity index (χ3v) is 3.76. The van der Waals surface area contributed by atoms with Crippen molar-refractivity contribution in [3.63, 3.8) is 0 Å². The molecule has 0 aromatic heterocycles. The van der Waals surface area contributed by atoms with Crippen LogP contribution in [0.2, 0.25) is 5.02 Å². The first-order valence-corrected chi connectivity index (χ1v) is 7.62. The Hall–Kier alpha value is -1.33. The Morgan fingerprint density at radius 3 is 2.50 bits per heavy atom. The number of halogens is 2. The highest BCUT2D eigenvalue weighted by molar-refractivity contribution is 6.30. The molecule has 6 heteroatoms. The zero-order valence-electron chi connectivity index (χ0n) is 12.9. The van der Waals surface area contributed by atoms with E-state index in [0.717, 1.165) is 5.56 Å². The van der Waals surface area contributed by atoms with Gasteiger partial charge in [0.25, 0.3) is 0 Å². The molecule has 3 atom stereocenters.